The fourth-order valence-electron chi connectivity index (χ4n) is 2.62. The molecule has 6 nitrogen and oxygen atoms in total. The molecule has 2 saturated heterocycles. The largest absolute Gasteiger partial charge is 0.378 e. The van der Waals surface area contributed by atoms with E-state index in [1.54, 1.807) is 6.20 Å². The number of amides is 1. The van der Waals surface area contributed by atoms with Gasteiger partial charge in [-0.3, -0.25) is 4.79 Å². The van der Waals surface area contributed by atoms with Crippen LogP contribution in [0.1, 0.15) is 18.4 Å². The second-order valence-electron chi connectivity index (χ2n) is 5.34. The molecule has 3 rings (SSSR count). The van der Waals surface area contributed by atoms with Gasteiger partial charge in [0.1, 0.15) is 11.9 Å². The van der Waals surface area contributed by atoms with Crippen molar-refractivity contribution < 1.29 is 14.3 Å². The van der Waals surface area contributed by atoms with Crippen LogP contribution in [-0.2, 0) is 20.8 Å². The molecule has 21 heavy (non-hydrogen) atoms. The quantitative estimate of drug-likeness (QED) is 0.885. The molecule has 0 aromatic carbocycles. The van der Waals surface area contributed by atoms with Crippen molar-refractivity contribution in [1.82, 2.24) is 10.3 Å². The highest BCUT2D eigenvalue weighted by atomic mass is 16.5. The highest BCUT2D eigenvalue weighted by Gasteiger charge is 2.23. The third-order valence-corrected chi connectivity index (χ3v) is 3.83. The number of nitrogens with one attached hydrogen (secondary N) is 1. The first-order chi connectivity index (χ1) is 10.3. The molecule has 1 amide bonds. The molecule has 1 aromatic rings. The van der Waals surface area contributed by atoms with Gasteiger partial charge in [0.05, 0.1) is 13.2 Å². The number of ether oxygens (including phenoxy) is 2. The van der Waals surface area contributed by atoms with E-state index in [0.717, 1.165) is 50.5 Å². The third kappa shape index (κ3) is 3.71. The van der Waals surface area contributed by atoms with Crippen LogP contribution in [0, 0.1) is 0 Å². The van der Waals surface area contributed by atoms with Crippen molar-refractivity contribution in [1.29, 1.82) is 0 Å². The van der Waals surface area contributed by atoms with Gasteiger partial charge in [0, 0.05) is 32.4 Å². The Bertz CT molecular complexity index is 483. The molecule has 2 fully saturated rings. The molecule has 2 aliphatic rings. The highest BCUT2D eigenvalue weighted by Crippen LogP contribution is 2.15. The van der Waals surface area contributed by atoms with Gasteiger partial charge in [-0.25, -0.2) is 4.98 Å². The molecular formula is C15H21N3O3. The third-order valence-electron chi connectivity index (χ3n) is 3.83. The minimum absolute atomic E-state index is 0.0164. The van der Waals surface area contributed by atoms with Crippen LogP contribution in [0.15, 0.2) is 18.3 Å². The van der Waals surface area contributed by atoms with E-state index in [-0.39, 0.29) is 12.0 Å². The summed E-state index contributed by atoms with van der Waals surface area (Å²) < 4.78 is 10.7. The molecule has 0 spiro atoms. The van der Waals surface area contributed by atoms with E-state index in [1.807, 2.05) is 12.1 Å². The predicted octanol–water partition coefficient (Wildman–Crippen LogP) is 0.713. The Hall–Kier alpha value is -1.66. The summed E-state index contributed by atoms with van der Waals surface area (Å²) in [7, 11) is 0. The summed E-state index contributed by atoms with van der Waals surface area (Å²) in [5.41, 5.74) is 1.05. The number of pyridine rings is 1. The number of carbonyl (C=O) groups excluding carboxylic acids is 1. The molecule has 1 atom stereocenters. The van der Waals surface area contributed by atoms with Gasteiger partial charge >= 0.3 is 0 Å². The van der Waals surface area contributed by atoms with E-state index in [2.05, 4.69) is 15.2 Å². The van der Waals surface area contributed by atoms with Gasteiger partial charge in [-0.15, -0.1) is 0 Å². The predicted molar refractivity (Wildman–Crippen MR) is 78.1 cm³/mol. The Kier molecular flexibility index (Phi) is 4.67. The van der Waals surface area contributed by atoms with E-state index < -0.39 is 0 Å². The number of aromatic nitrogens is 1. The lowest BCUT2D eigenvalue weighted by Crippen LogP contribution is -2.37. The molecule has 3 heterocycles. The fraction of sp³-hybridized carbons (Fsp3) is 0.600. The van der Waals surface area contributed by atoms with Crippen LogP contribution in [-0.4, -0.2) is 49.9 Å². The molecule has 0 bridgehead atoms. The monoisotopic (exact) mass is 291 g/mol. The summed E-state index contributed by atoms with van der Waals surface area (Å²) in [6.45, 7) is 4.40. The Morgan fingerprint density at radius 1 is 1.38 bits per heavy atom. The second-order valence-corrected chi connectivity index (χ2v) is 5.34. The lowest BCUT2D eigenvalue weighted by molar-refractivity contribution is -0.130. The fourth-order valence-corrected chi connectivity index (χ4v) is 2.62. The maximum atomic E-state index is 11.9. The zero-order chi connectivity index (χ0) is 14.5. The SMILES string of the molecule is O=C(NCc1ccnc(N2CCOCC2)c1)[C@@H]1CCCO1. The van der Waals surface area contributed by atoms with Crippen molar-refractivity contribution in [3.63, 3.8) is 0 Å². The first kappa shape index (κ1) is 14.3. The number of morpholine rings is 1. The zero-order valence-electron chi connectivity index (χ0n) is 12.1. The Balaban J connectivity index is 1.56. The molecule has 0 aliphatic carbocycles. The standard InChI is InChI=1S/C15H21N3O3/c19-15(13-2-1-7-21-13)17-11-12-3-4-16-14(10-12)18-5-8-20-9-6-18/h3-4,10,13H,1-2,5-9,11H2,(H,17,19)/t13-/m0/s1. The van der Waals surface area contributed by atoms with Gasteiger partial charge in [0.15, 0.2) is 0 Å². The molecule has 0 saturated carbocycles. The normalized spacial score (nSPS) is 22.3. The van der Waals surface area contributed by atoms with Crippen LogP contribution in [0.3, 0.4) is 0 Å². The smallest absolute Gasteiger partial charge is 0.249 e. The van der Waals surface area contributed by atoms with E-state index in [9.17, 15) is 4.79 Å². The van der Waals surface area contributed by atoms with Crippen molar-refractivity contribution >= 4 is 11.7 Å². The van der Waals surface area contributed by atoms with Gasteiger partial charge < -0.3 is 19.7 Å². The molecule has 114 valence electrons. The minimum atomic E-state index is -0.273. The van der Waals surface area contributed by atoms with E-state index in [4.69, 9.17) is 9.47 Å². The lowest BCUT2D eigenvalue weighted by Gasteiger charge is -2.28. The van der Waals surface area contributed by atoms with E-state index in [0.29, 0.717) is 13.2 Å². The minimum Gasteiger partial charge on any atom is -0.378 e. The van der Waals surface area contributed by atoms with Crippen LogP contribution in [0.2, 0.25) is 0 Å². The van der Waals surface area contributed by atoms with Crippen LogP contribution < -0.4 is 10.2 Å². The van der Waals surface area contributed by atoms with Gasteiger partial charge in [-0.1, -0.05) is 0 Å². The maximum Gasteiger partial charge on any atom is 0.249 e. The van der Waals surface area contributed by atoms with Crippen molar-refractivity contribution in [3.05, 3.63) is 23.9 Å². The van der Waals surface area contributed by atoms with E-state index in [1.165, 1.54) is 0 Å². The lowest BCUT2D eigenvalue weighted by atomic mass is 10.2. The Morgan fingerprint density at radius 3 is 3.00 bits per heavy atom. The molecule has 6 heteroatoms. The van der Waals surface area contributed by atoms with Crippen LogP contribution in [0.25, 0.3) is 0 Å². The summed E-state index contributed by atoms with van der Waals surface area (Å²) in [5.74, 6) is 0.930. The number of nitrogens with zero attached hydrogens (tertiary/aromatic N) is 2. The van der Waals surface area contributed by atoms with Crippen molar-refractivity contribution in [2.75, 3.05) is 37.8 Å². The summed E-state index contributed by atoms with van der Waals surface area (Å²) in [6, 6.07) is 3.96. The second kappa shape index (κ2) is 6.87. The van der Waals surface area contributed by atoms with Crippen molar-refractivity contribution in [3.8, 4) is 0 Å². The summed E-state index contributed by atoms with van der Waals surface area (Å²) in [5, 5.41) is 2.94. The van der Waals surface area contributed by atoms with Gasteiger partial charge in [-0.05, 0) is 30.5 Å². The van der Waals surface area contributed by atoms with Crippen LogP contribution in [0.5, 0.6) is 0 Å². The van der Waals surface area contributed by atoms with Crippen LogP contribution in [0.4, 0.5) is 5.82 Å². The highest BCUT2D eigenvalue weighted by molar-refractivity contribution is 5.80. The van der Waals surface area contributed by atoms with Crippen molar-refractivity contribution in [2.24, 2.45) is 0 Å². The maximum absolute atomic E-state index is 11.9. The van der Waals surface area contributed by atoms with E-state index >= 15 is 0 Å². The first-order valence-corrected chi connectivity index (χ1v) is 7.50. The molecule has 1 aromatic heterocycles. The van der Waals surface area contributed by atoms with Gasteiger partial charge in [-0.2, -0.15) is 0 Å². The average Bonchev–Trinajstić information content (AvgIpc) is 3.08. The number of carbonyl (C=O) groups is 1. The summed E-state index contributed by atoms with van der Waals surface area (Å²) in [6.07, 6.45) is 3.30. The molecular weight excluding hydrogens is 270 g/mol. The van der Waals surface area contributed by atoms with Crippen molar-refractivity contribution in [2.45, 2.75) is 25.5 Å². The Morgan fingerprint density at radius 2 is 2.24 bits per heavy atom. The topological polar surface area (TPSA) is 63.7 Å². The van der Waals surface area contributed by atoms with Gasteiger partial charge in [0.2, 0.25) is 5.91 Å². The molecule has 0 radical (unpaired) electrons. The molecule has 2 aliphatic heterocycles. The molecule has 1 N–H and O–H groups in total. The number of rotatable bonds is 4. The number of anilines is 1. The van der Waals surface area contributed by atoms with Crippen LogP contribution >= 0.6 is 0 Å². The van der Waals surface area contributed by atoms with Gasteiger partial charge in [0.25, 0.3) is 0 Å². The number of hydrogen-bond donors (Lipinski definition) is 1. The summed E-state index contributed by atoms with van der Waals surface area (Å²) in [4.78, 5) is 18.5. The molecule has 0 unspecified atom stereocenters. The number of hydrogen-bond acceptors (Lipinski definition) is 5. The Labute approximate surface area is 124 Å². The average molecular weight is 291 g/mol. The zero-order valence-corrected chi connectivity index (χ0v) is 12.1. The first-order valence-electron chi connectivity index (χ1n) is 7.50. The summed E-state index contributed by atoms with van der Waals surface area (Å²) >= 11 is 0.